The molecule has 0 bridgehead atoms. The van der Waals surface area contributed by atoms with Gasteiger partial charge in [-0.3, -0.25) is 18.2 Å². The van der Waals surface area contributed by atoms with Crippen LogP contribution in [0.3, 0.4) is 0 Å². The number of hydrogen-bond donors (Lipinski definition) is 7. The summed E-state index contributed by atoms with van der Waals surface area (Å²) >= 11 is 0. The molecule has 0 unspecified atom stereocenters. The Kier molecular flexibility index (Phi) is 25.1. The van der Waals surface area contributed by atoms with E-state index in [2.05, 4.69) is 51.1 Å². The summed E-state index contributed by atoms with van der Waals surface area (Å²) in [5, 5.41) is 77.4. The van der Waals surface area contributed by atoms with Gasteiger partial charge in [-0.1, -0.05) is 31.5 Å². The maximum Gasteiger partial charge on any atom is 0.425 e. The van der Waals surface area contributed by atoms with Crippen LogP contribution in [0.4, 0.5) is 45.5 Å². The number of aliphatic hydroxyl groups excluding tert-OH is 2. The van der Waals surface area contributed by atoms with E-state index in [0.717, 1.165) is 18.9 Å². The first-order valence-corrected chi connectivity index (χ1v) is 36.9. The highest BCUT2D eigenvalue weighted by molar-refractivity contribution is 7.87. The number of azo groups is 4. The number of rotatable bonds is 26. The van der Waals surface area contributed by atoms with Crippen molar-refractivity contribution in [2.24, 2.45) is 40.9 Å². The Morgan fingerprint density at radius 3 is 1.55 bits per heavy atom. The van der Waals surface area contributed by atoms with Gasteiger partial charge in [-0.2, -0.15) is 48.7 Å². The van der Waals surface area contributed by atoms with E-state index in [0.29, 0.717) is 34.5 Å². The summed E-state index contributed by atoms with van der Waals surface area (Å²) in [5.74, 6) is -0.112. The maximum atomic E-state index is 12.5. The topological polar surface area (TPSA) is 547 Å². The van der Waals surface area contributed by atoms with Gasteiger partial charge in [-0.05, 0) is 115 Å². The molecule has 0 aliphatic carbocycles. The van der Waals surface area contributed by atoms with Gasteiger partial charge >= 0.3 is 21.2 Å². The first kappa shape index (κ1) is 77.1. The molecular formula is C60H55N11O25S6. The first-order chi connectivity index (χ1) is 48.2. The normalized spacial score (nSPS) is 12.2. The molecule has 536 valence electrons. The summed E-state index contributed by atoms with van der Waals surface area (Å²) in [6, 6.07) is 30.1. The molecule has 10 rings (SSSR count). The van der Waals surface area contributed by atoms with Gasteiger partial charge in [0.05, 0.1) is 79.7 Å². The van der Waals surface area contributed by atoms with Crippen LogP contribution in [0.15, 0.2) is 183 Å². The van der Waals surface area contributed by atoms with Crippen LogP contribution < -0.4 is 18.9 Å². The smallest absolute Gasteiger partial charge is 0.425 e. The molecule has 42 heteroatoms. The van der Waals surface area contributed by atoms with Crippen LogP contribution in [0.5, 0.6) is 28.7 Å². The van der Waals surface area contributed by atoms with E-state index in [1.165, 1.54) is 91.8 Å². The fraction of sp³-hybridized carbons (Fsp3) is 0.200. The summed E-state index contributed by atoms with van der Waals surface area (Å²) in [6.07, 6.45) is 1.87. The molecule has 102 heavy (non-hydrogen) atoms. The van der Waals surface area contributed by atoms with Crippen LogP contribution >= 0.6 is 0 Å². The van der Waals surface area contributed by atoms with Gasteiger partial charge in [0.2, 0.25) is 0 Å². The molecule has 0 radical (unpaired) electrons. The number of unbranched alkanes of at least 4 members (excludes halogenated alkanes) is 2. The van der Waals surface area contributed by atoms with E-state index in [-0.39, 0.29) is 137 Å². The van der Waals surface area contributed by atoms with Crippen molar-refractivity contribution in [3.05, 3.63) is 139 Å². The Labute approximate surface area is 581 Å². The third kappa shape index (κ3) is 20.1. The Morgan fingerprint density at radius 2 is 0.980 bits per heavy atom. The zero-order valence-electron chi connectivity index (χ0n) is 52.8. The van der Waals surface area contributed by atoms with Gasteiger partial charge in [0, 0.05) is 56.9 Å². The van der Waals surface area contributed by atoms with Crippen LogP contribution in [0.25, 0.3) is 49.0 Å². The molecule has 10 aromatic rings. The van der Waals surface area contributed by atoms with Crippen molar-refractivity contribution in [1.29, 1.82) is 0 Å². The lowest BCUT2D eigenvalue weighted by Crippen LogP contribution is -2.06. The summed E-state index contributed by atoms with van der Waals surface area (Å²) in [6.45, 7) is 1.18. The number of aromatic nitrogens is 3. The average Bonchev–Trinajstić information content (AvgIpc) is 1.46. The minimum absolute atomic E-state index is 0.0295. The average molecular weight is 1520 g/mol. The quantitative estimate of drug-likeness (QED) is 0.0150. The zero-order chi connectivity index (χ0) is 74.4. The highest BCUT2D eigenvalue weighted by atomic mass is 32.2. The minimum Gasteiger partial charge on any atom is -0.505 e. The molecule has 0 aliphatic rings. The Morgan fingerprint density at radius 1 is 0.461 bits per heavy atom. The molecule has 1 aromatic heterocycles. The molecule has 0 aliphatic heterocycles. The van der Waals surface area contributed by atoms with Gasteiger partial charge in [-0.15, -0.1) is 66.1 Å². The number of methoxy groups -OCH3 is 2. The summed E-state index contributed by atoms with van der Waals surface area (Å²) in [4.78, 5) is -0.743. The monoisotopic (exact) mass is 1520 g/mol. The molecule has 0 spiro atoms. The molecule has 36 nitrogen and oxygen atoms in total. The largest absolute Gasteiger partial charge is 0.505 e. The molecule has 0 saturated heterocycles. The van der Waals surface area contributed by atoms with Crippen LogP contribution in [-0.4, -0.2) is 141 Å². The second kappa shape index (κ2) is 33.2. The maximum absolute atomic E-state index is 12.5. The number of phenolic OH excluding ortho intramolecular Hbond substituents is 1. The van der Waals surface area contributed by atoms with Crippen LogP contribution in [-0.2, 0) is 74.9 Å². The van der Waals surface area contributed by atoms with Crippen molar-refractivity contribution in [2.75, 3.05) is 33.2 Å². The van der Waals surface area contributed by atoms with E-state index < -0.39 is 90.4 Å². The molecule has 0 atom stereocenters. The van der Waals surface area contributed by atoms with E-state index in [1.54, 1.807) is 42.5 Å². The minimum atomic E-state index is -4.96. The van der Waals surface area contributed by atoms with Crippen molar-refractivity contribution in [1.82, 2.24) is 15.0 Å². The Bertz CT molecular complexity index is 5730. The van der Waals surface area contributed by atoms with Crippen molar-refractivity contribution in [3.63, 3.8) is 0 Å². The molecule has 9 aromatic carbocycles. The fourth-order valence-corrected chi connectivity index (χ4v) is 12.2. The third-order valence-corrected chi connectivity index (χ3v) is 17.7. The first-order valence-electron chi connectivity index (χ1n) is 29.0. The second-order valence-electron chi connectivity index (χ2n) is 21.1. The number of phenols is 1. The van der Waals surface area contributed by atoms with E-state index >= 15 is 0 Å². The van der Waals surface area contributed by atoms with Crippen molar-refractivity contribution < 1.29 is 111 Å². The number of hydrogen-bond acceptors (Lipinski definition) is 31. The Hall–Kier alpha value is -10.6. The van der Waals surface area contributed by atoms with Crippen molar-refractivity contribution >= 4 is 151 Å². The molecule has 1 heterocycles. The van der Waals surface area contributed by atoms with Crippen LogP contribution in [0.1, 0.15) is 43.7 Å². The molecule has 0 saturated carbocycles. The third-order valence-electron chi connectivity index (χ3n) is 14.3. The second-order valence-corrected chi connectivity index (χ2v) is 27.6. The Balaban J connectivity index is 0.00000157. The van der Waals surface area contributed by atoms with E-state index in [9.17, 15) is 67.2 Å². The fourth-order valence-electron chi connectivity index (χ4n) is 9.60. The number of benzene rings is 9. The molecule has 7 N–H and O–H groups in total. The lowest BCUT2D eigenvalue weighted by atomic mass is 10.1. The van der Waals surface area contributed by atoms with Crippen molar-refractivity contribution in [3.8, 4) is 34.4 Å². The lowest BCUT2D eigenvalue weighted by molar-refractivity contribution is 0.282. The van der Waals surface area contributed by atoms with Gasteiger partial charge in [-0.25, -0.2) is 0 Å². The van der Waals surface area contributed by atoms with Gasteiger partial charge in [0.15, 0.2) is 5.75 Å². The molecule has 0 amide bonds. The van der Waals surface area contributed by atoms with Crippen molar-refractivity contribution in [2.45, 2.75) is 60.5 Å². The highest BCUT2D eigenvalue weighted by Crippen LogP contribution is 2.44. The van der Waals surface area contributed by atoms with Crippen LogP contribution in [0.2, 0.25) is 0 Å². The summed E-state index contributed by atoms with van der Waals surface area (Å²) in [5.41, 5.74) is 2.23. The number of aromatic hydroxyl groups is 1. The zero-order valence-corrected chi connectivity index (χ0v) is 57.7. The van der Waals surface area contributed by atoms with Crippen LogP contribution in [0, 0.1) is 0 Å². The lowest BCUT2D eigenvalue weighted by Gasteiger charge is -2.11. The SMILES string of the molecule is CCCCOc1cc(S(=O)(=O)O)c2cc(N=Nc3ccc(N=Nc4cc(OC)c(N=Nc5cc(OC)c(N=Nc6ccc7cc(-n8nc9ccc%10c(S(=O)(=O)O)cc(S(=O)(=O)O)cc%10c9n8)ccc7c6O)cc5CO)cc4CO)c(OCCCCS(=O)(=O)O)c3)ccc2c1.O=S(=O)=O.O=S(=O)=O. The predicted molar refractivity (Wildman–Crippen MR) is 361 cm³/mol. The summed E-state index contributed by atoms with van der Waals surface area (Å²) < 4.78 is 209. The number of fused-ring (bicyclic) bond motifs is 5. The molecular weight excluding hydrogens is 1470 g/mol. The van der Waals surface area contributed by atoms with Gasteiger partial charge < -0.3 is 34.3 Å². The van der Waals surface area contributed by atoms with E-state index in [4.69, 9.17) is 44.2 Å². The molecule has 0 fully saturated rings. The van der Waals surface area contributed by atoms with Gasteiger partial charge in [0.25, 0.3) is 40.5 Å². The van der Waals surface area contributed by atoms with E-state index in [1.807, 2.05) is 6.92 Å². The predicted octanol–water partition coefficient (Wildman–Crippen LogP) is 11.2. The number of ether oxygens (including phenoxy) is 4. The standard InChI is InChI=1S/C60H55N11O19S4.2O3S/c1-4-5-18-89-41-22-35-8-10-38(25-45(35)57(27-41)93(81,82)83)61-62-39-11-16-47(56(26-39)90-19-6-7-20-91(75,76)77)63-65-50-30-55(88-3)53(24-36(50)32-72)68-66-51-31-54(87-2)52(23-37(51)33-73)67-64-49-15-9-34-21-40(12-13-43(34)60(49)74)71-69-48-17-14-44-46(59(48)70-71)28-42(92(78,79)80)29-58(44)94(84,85)86;2*1-4(2)3/h8-17,21-31,72-74H,4-7,18-20,32-33H2,1-3H3,(H,75,76,77)(H,78,79,80)(H,81,82,83)(H,84,85,86);;. The number of aliphatic hydroxyl groups is 2. The summed E-state index contributed by atoms with van der Waals surface area (Å²) in [7, 11) is -22.3. The number of nitrogens with zero attached hydrogens (tertiary/aromatic N) is 11. The highest BCUT2D eigenvalue weighted by Gasteiger charge is 2.24. The van der Waals surface area contributed by atoms with Gasteiger partial charge in [0.1, 0.15) is 66.6 Å².